The number of hydrogen-bond donors (Lipinski definition) is 2. The van der Waals surface area contributed by atoms with Gasteiger partial charge in [-0.05, 0) is 12.1 Å². The van der Waals surface area contributed by atoms with E-state index in [1.807, 2.05) is 0 Å². The molecule has 0 saturated heterocycles. The number of nitrogens with zero attached hydrogens (tertiary/aromatic N) is 2. The Morgan fingerprint density at radius 3 is 2.32 bits per heavy atom. The number of carbonyl (C=O) groups is 1. The van der Waals surface area contributed by atoms with Gasteiger partial charge in [-0.2, -0.15) is 0 Å². The van der Waals surface area contributed by atoms with E-state index in [2.05, 4.69) is 15.0 Å². The van der Waals surface area contributed by atoms with Crippen LogP contribution in [0, 0.1) is 5.41 Å². The van der Waals surface area contributed by atoms with Crippen LogP contribution in [-0.2, 0) is 0 Å². The van der Waals surface area contributed by atoms with Crippen molar-refractivity contribution in [3.63, 3.8) is 0 Å². The van der Waals surface area contributed by atoms with Gasteiger partial charge in [-0.1, -0.05) is 13.8 Å². The largest absolute Gasteiger partial charge is 0.493 e. The minimum atomic E-state index is -0.897. The Bertz CT molecular complexity index is 1000. The minimum Gasteiger partial charge on any atom is -0.493 e. The Labute approximate surface area is 162 Å². The maximum Gasteiger partial charge on any atom is 0.203 e. The van der Waals surface area contributed by atoms with Crippen molar-refractivity contribution in [3.05, 3.63) is 30.1 Å². The van der Waals surface area contributed by atoms with Gasteiger partial charge >= 0.3 is 0 Å². The molecular weight excluding hydrogens is 362 g/mol. The third-order valence-corrected chi connectivity index (χ3v) is 4.60. The molecule has 0 fully saturated rings. The zero-order valence-corrected chi connectivity index (χ0v) is 16.5. The van der Waals surface area contributed by atoms with Crippen LogP contribution < -0.4 is 14.2 Å². The molecule has 28 heavy (non-hydrogen) atoms. The van der Waals surface area contributed by atoms with Crippen molar-refractivity contribution in [1.82, 2.24) is 15.0 Å². The first-order valence-corrected chi connectivity index (χ1v) is 8.66. The summed E-state index contributed by atoms with van der Waals surface area (Å²) in [5, 5.41) is 9.47. The smallest absolute Gasteiger partial charge is 0.203 e. The quantitative estimate of drug-likeness (QED) is 0.602. The molecule has 0 radical (unpaired) electrons. The first kappa shape index (κ1) is 19.6. The fourth-order valence-corrected chi connectivity index (χ4v) is 2.87. The van der Waals surface area contributed by atoms with Crippen molar-refractivity contribution in [2.24, 2.45) is 5.41 Å². The van der Waals surface area contributed by atoms with Crippen LogP contribution in [-0.4, -0.2) is 53.8 Å². The molecule has 2 N–H and O–H groups in total. The molecule has 0 bridgehead atoms. The Balaban J connectivity index is 2.08. The van der Waals surface area contributed by atoms with E-state index in [1.54, 1.807) is 52.6 Å². The van der Waals surface area contributed by atoms with Crippen molar-refractivity contribution < 1.29 is 24.1 Å². The first-order chi connectivity index (χ1) is 13.4. The van der Waals surface area contributed by atoms with Crippen molar-refractivity contribution >= 4 is 16.9 Å². The Morgan fingerprint density at radius 2 is 1.79 bits per heavy atom. The van der Waals surface area contributed by atoms with Crippen molar-refractivity contribution in [2.75, 3.05) is 27.9 Å². The predicted octanol–water partition coefficient (Wildman–Crippen LogP) is 2.85. The second-order valence-electron chi connectivity index (χ2n) is 6.94. The normalized spacial score (nSPS) is 11.5. The van der Waals surface area contributed by atoms with Gasteiger partial charge in [0.15, 0.2) is 22.9 Å². The summed E-state index contributed by atoms with van der Waals surface area (Å²) in [6, 6.07) is 3.56. The number of ketones is 1. The lowest BCUT2D eigenvalue weighted by Crippen LogP contribution is -2.28. The molecule has 2 aromatic heterocycles. The van der Waals surface area contributed by atoms with Crippen molar-refractivity contribution in [2.45, 2.75) is 13.8 Å². The highest BCUT2D eigenvalue weighted by molar-refractivity contribution is 6.08. The number of nitrogens with one attached hydrogen (secondary N) is 1. The van der Waals surface area contributed by atoms with Gasteiger partial charge in [0.05, 0.1) is 50.8 Å². The molecule has 0 atom stereocenters. The van der Waals surface area contributed by atoms with E-state index >= 15 is 0 Å². The van der Waals surface area contributed by atoms with Crippen LogP contribution in [0.3, 0.4) is 0 Å². The number of methoxy groups -OCH3 is 3. The molecule has 0 aliphatic heterocycles. The molecule has 8 heteroatoms. The topological polar surface area (TPSA) is 107 Å². The fraction of sp³-hybridized carbons (Fsp3) is 0.350. The summed E-state index contributed by atoms with van der Waals surface area (Å²) in [5.41, 5.74) is 1.74. The number of aliphatic hydroxyl groups is 1. The number of ether oxygens (including phenoxy) is 3. The second-order valence-corrected chi connectivity index (χ2v) is 6.94. The van der Waals surface area contributed by atoms with Gasteiger partial charge in [-0.15, -0.1) is 0 Å². The predicted molar refractivity (Wildman–Crippen MR) is 104 cm³/mol. The number of carbonyl (C=O) groups excluding carboxylic acids is 1. The molecule has 2 heterocycles. The third kappa shape index (κ3) is 3.27. The summed E-state index contributed by atoms with van der Waals surface area (Å²) in [5.74, 6) is 1.30. The number of fused-ring (bicyclic) bond motifs is 1. The number of aromatic amines is 1. The maximum atomic E-state index is 12.7. The SMILES string of the molecule is COc1cc(-c2cnc3c(C(=O)C(C)(C)CO)c[nH]c3n2)cc(OC)c1OC. The van der Waals surface area contributed by atoms with Crippen molar-refractivity contribution in [1.29, 1.82) is 0 Å². The third-order valence-electron chi connectivity index (χ3n) is 4.60. The van der Waals surface area contributed by atoms with E-state index in [-0.39, 0.29) is 12.4 Å². The number of hydrogen-bond acceptors (Lipinski definition) is 7. The summed E-state index contributed by atoms with van der Waals surface area (Å²) in [6.45, 7) is 3.12. The average Bonchev–Trinajstić information content (AvgIpc) is 3.14. The highest BCUT2D eigenvalue weighted by Crippen LogP contribution is 2.41. The van der Waals surface area contributed by atoms with E-state index in [4.69, 9.17) is 14.2 Å². The molecule has 148 valence electrons. The number of benzene rings is 1. The fourth-order valence-electron chi connectivity index (χ4n) is 2.87. The van der Waals surface area contributed by atoms with Gasteiger partial charge in [0.1, 0.15) is 5.52 Å². The summed E-state index contributed by atoms with van der Waals surface area (Å²) in [7, 11) is 4.63. The van der Waals surface area contributed by atoms with Gasteiger partial charge in [0.25, 0.3) is 0 Å². The summed E-state index contributed by atoms with van der Waals surface area (Å²) < 4.78 is 16.1. The Hall–Kier alpha value is -3.13. The molecule has 0 unspecified atom stereocenters. The van der Waals surface area contributed by atoms with Crippen LogP contribution >= 0.6 is 0 Å². The number of rotatable bonds is 7. The molecule has 0 aliphatic rings. The van der Waals surface area contributed by atoms with Crippen LogP contribution in [0.4, 0.5) is 0 Å². The highest BCUT2D eigenvalue weighted by Gasteiger charge is 2.30. The van der Waals surface area contributed by atoms with Crippen LogP contribution in [0.1, 0.15) is 24.2 Å². The maximum absolute atomic E-state index is 12.7. The van der Waals surface area contributed by atoms with Crippen LogP contribution in [0.25, 0.3) is 22.4 Å². The lowest BCUT2D eigenvalue weighted by Gasteiger charge is -2.18. The number of Topliss-reactive ketones (excluding diaryl/α,β-unsaturated/α-hetero) is 1. The average molecular weight is 385 g/mol. The second kappa shape index (κ2) is 7.47. The number of aliphatic hydroxyl groups excluding tert-OH is 1. The van der Waals surface area contributed by atoms with Crippen LogP contribution in [0.15, 0.2) is 24.5 Å². The van der Waals surface area contributed by atoms with Crippen LogP contribution in [0.2, 0.25) is 0 Å². The monoisotopic (exact) mass is 385 g/mol. The summed E-state index contributed by atoms with van der Waals surface area (Å²) in [6.07, 6.45) is 3.16. The zero-order valence-electron chi connectivity index (χ0n) is 16.5. The molecule has 0 spiro atoms. The van der Waals surface area contributed by atoms with Gasteiger partial charge in [-0.25, -0.2) is 9.97 Å². The van der Waals surface area contributed by atoms with Crippen LogP contribution in [0.5, 0.6) is 17.2 Å². The number of aromatic nitrogens is 3. The zero-order chi connectivity index (χ0) is 20.5. The van der Waals surface area contributed by atoms with E-state index in [0.29, 0.717) is 39.7 Å². The summed E-state index contributed by atoms with van der Waals surface area (Å²) in [4.78, 5) is 24.7. The molecule has 3 rings (SSSR count). The molecule has 0 aliphatic carbocycles. The molecule has 3 aromatic rings. The molecule has 0 amide bonds. The highest BCUT2D eigenvalue weighted by atomic mass is 16.5. The minimum absolute atomic E-state index is 0.198. The van der Waals surface area contributed by atoms with E-state index in [1.165, 1.54) is 7.11 Å². The molecular formula is C20H23N3O5. The van der Waals surface area contributed by atoms with Gasteiger partial charge in [-0.3, -0.25) is 4.79 Å². The van der Waals surface area contributed by atoms with Gasteiger partial charge in [0.2, 0.25) is 5.75 Å². The Kier molecular flexibility index (Phi) is 5.24. The molecule has 0 saturated carbocycles. The van der Waals surface area contributed by atoms with Crippen molar-refractivity contribution in [3.8, 4) is 28.5 Å². The van der Waals surface area contributed by atoms with Gasteiger partial charge in [0, 0.05) is 11.8 Å². The molecule has 1 aromatic carbocycles. The van der Waals surface area contributed by atoms with E-state index in [9.17, 15) is 9.90 Å². The van der Waals surface area contributed by atoms with E-state index < -0.39 is 5.41 Å². The Morgan fingerprint density at radius 1 is 1.14 bits per heavy atom. The standard InChI is InChI=1S/C20H23N3O5/c1-20(2,10-24)18(25)12-8-22-19-16(12)21-9-13(23-19)11-6-14(26-3)17(28-5)15(7-11)27-4/h6-9,24H,10H2,1-5H3,(H,22,23). The first-order valence-electron chi connectivity index (χ1n) is 8.66. The van der Waals surface area contributed by atoms with Gasteiger partial charge < -0.3 is 24.3 Å². The number of H-pyrrole nitrogens is 1. The van der Waals surface area contributed by atoms with E-state index in [0.717, 1.165) is 5.56 Å². The lowest BCUT2D eigenvalue weighted by atomic mass is 9.86. The molecule has 8 nitrogen and oxygen atoms in total. The lowest BCUT2D eigenvalue weighted by molar-refractivity contribution is 0.0727. The summed E-state index contributed by atoms with van der Waals surface area (Å²) >= 11 is 0.